The molecule has 0 aliphatic heterocycles. The Hall–Kier alpha value is -3.28. The molecule has 0 unspecified atom stereocenters. The maximum atomic E-state index is 13.5. The van der Waals surface area contributed by atoms with Crippen LogP contribution in [0.1, 0.15) is 22.3 Å². The Morgan fingerprint density at radius 2 is 1.69 bits per heavy atom. The Balaban J connectivity index is 1.94. The summed E-state index contributed by atoms with van der Waals surface area (Å²) in [6.45, 7) is 3.97. The average Bonchev–Trinajstić information content (AvgIpc) is 3.01. The van der Waals surface area contributed by atoms with Crippen LogP contribution in [0, 0.1) is 13.8 Å². The number of aryl methyl sites for hydroxylation is 2. The minimum Gasteiger partial charge on any atom is -0.508 e. The van der Waals surface area contributed by atoms with Gasteiger partial charge in [-0.25, -0.2) is 4.98 Å². The fraction of sp³-hybridized carbons (Fsp3) is 0.174. The van der Waals surface area contributed by atoms with Crippen LogP contribution in [0.15, 0.2) is 60.7 Å². The molecule has 1 heterocycles. The lowest BCUT2D eigenvalue weighted by molar-refractivity contribution is -0.138. The number of hydrogen-bond acceptors (Lipinski definition) is 2. The zero-order valence-corrected chi connectivity index (χ0v) is 16.0. The summed E-state index contributed by atoms with van der Waals surface area (Å²) in [7, 11) is 0. The molecule has 3 nitrogen and oxygen atoms in total. The highest BCUT2D eigenvalue weighted by Gasteiger charge is 2.33. The van der Waals surface area contributed by atoms with Crippen molar-refractivity contribution >= 4 is 11.0 Å². The van der Waals surface area contributed by atoms with Crippen LogP contribution < -0.4 is 0 Å². The van der Waals surface area contributed by atoms with E-state index >= 15 is 0 Å². The maximum absolute atomic E-state index is 13.5. The van der Waals surface area contributed by atoms with Gasteiger partial charge in [-0.3, -0.25) is 0 Å². The van der Waals surface area contributed by atoms with E-state index in [1.165, 1.54) is 24.3 Å². The highest BCUT2D eigenvalue weighted by molar-refractivity contribution is 5.82. The number of phenolic OH excluding ortho intramolecular Hbond substituents is 1. The number of rotatable bonds is 3. The van der Waals surface area contributed by atoms with Crippen molar-refractivity contribution < 1.29 is 18.3 Å². The summed E-state index contributed by atoms with van der Waals surface area (Å²) in [5.41, 5.74) is 3.67. The van der Waals surface area contributed by atoms with Crippen LogP contribution >= 0.6 is 0 Å². The molecule has 0 aliphatic rings. The van der Waals surface area contributed by atoms with Crippen LogP contribution in [0.3, 0.4) is 0 Å². The van der Waals surface area contributed by atoms with Crippen molar-refractivity contribution in [2.75, 3.05) is 0 Å². The van der Waals surface area contributed by atoms with Crippen molar-refractivity contribution in [2.45, 2.75) is 26.6 Å². The molecule has 0 aliphatic carbocycles. The zero-order valence-electron chi connectivity index (χ0n) is 16.0. The molecule has 0 atom stereocenters. The molecule has 0 bridgehead atoms. The van der Waals surface area contributed by atoms with Crippen molar-refractivity contribution in [1.29, 1.82) is 0 Å². The van der Waals surface area contributed by atoms with Gasteiger partial charge >= 0.3 is 6.18 Å². The SMILES string of the molecule is Cc1ccc(-c2nc3ccc(O)cc3n2Cc2ccccc2C(F)(F)F)cc1C. The van der Waals surface area contributed by atoms with Crippen LogP contribution in [-0.4, -0.2) is 14.7 Å². The maximum Gasteiger partial charge on any atom is 0.416 e. The van der Waals surface area contributed by atoms with Crippen molar-refractivity contribution in [3.8, 4) is 17.1 Å². The third-order valence-electron chi connectivity index (χ3n) is 5.15. The predicted molar refractivity (Wildman–Crippen MR) is 107 cm³/mol. The molecule has 0 radical (unpaired) electrons. The van der Waals surface area contributed by atoms with E-state index in [4.69, 9.17) is 0 Å². The summed E-state index contributed by atoms with van der Waals surface area (Å²) in [6.07, 6.45) is -4.45. The number of phenols is 1. The molecule has 4 rings (SSSR count). The first kappa shape index (κ1) is 19.1. The van der Waals surface area contributed by atoms with Gasteiger partial charge in [0.05, 0.1) is 23.1 Å². The number of aromatic hydroxyl groups is 1. The fourth-order valence-electron chi connectivity index (χ4n) is 3.48. The summed E-state index contributed by atoms with van der Waals surface area (Å²) in [5.74, 6) is 0.597. The lowest BCUT2D eigenvalue weighted by atomic mass is 10.0. The standard InChI is InChI=1S/C23H19F3N2O/c1-14-7-8-16(11-15(14)2)22-27-20-10-9-18(29)12-21(20)28(22)13-17-5-3-4-6-19(17)23(24,25)26/h3-12,29H,13H2,1-2H3. The molecule has 1 aromatic heterocycles. The van der Waals surface area contributed by atoms with Crippen molar-refractivity contribution in [3.63, 3.8) is 0 Å². The molecule has 6 heteroatoms. The second-order valence-corrected chi connectivity index (χ2v) is 7.15. The van der Waals surface area contributed by atoms with Crippen LogP contribution in [0.2, 0.25) is 0 Å². The normalized spacial score (nSPS) is 11.9. The summed E-state index contributed by atoms with van der Waals surface area (Å²) < 4.78 is 42.3. The summed E-state index contributed by atoms with van der Waals surface area (Å²) in [5, 5.41) is 9.94. The molecule has 0 amide bonds. The molecule has 0 saturated heterocycles. The molecule has 4 aromatic rings. The van der Waals surface area contributed by atoms with E-state index in [2.05, 4.69) is 4.98 Å². The first-order valence-corrected chi connectivity index (χ1v) is 9.16. The van der Waals surface area contributed by atoms with Crippen LogP contribution in [0.25, 0.3) is 22.4 Å². The predicted octanol–water partition coefficient (Wildman–Crippen LogP) is 6.09. The van der Waals surface area contributed by atoms with E-state index in [1.807, 2.05) is 32.0 Å². The first-order chi connectivity index (χ1) is 13.7. The van der Waals surface area contributed by atoms with Gasteiger partial charge in [-0.1, -0.05) is 30.3 Å². The molecule has 0 fully saturated rings. The number of nitrogens with zero attached hydrogens (tertiary/aromatic N) is 2. The number of fused-ring (bicyclic) bond motifs is 1. The minimum absolute atomic E-state index is 0.0160. The highest BCUT2D eigenvalue weighted by Crippen LogP contribution is 2.34. The lowest BCUT2D eigenvalue weighted by Gasteiger charge is -2.15. The van der Waals surface area contributed by atoms with Gasteiger partial charge in [0.2, 0.25) is 0 Å². The number of halogens is 3. The van der Waals surface area contributed by atoms with Crippen LogP contribution in [0.4, 0.5) is 13.2 Å². The Labute approximate surface area is 166 Å². The second kappa shape index (κ2) is 6.95. The lowest BCUT2D eigenvalue weighted by Crippen LogP contribution is -2.12. The van der Waals surface area contributed by atoms with E-state index < -0.39 is 11.7 Å². The Morgan fingerprint density at radius 1 is 0.931 bits per heavy atom. The van der Waals surface area contributed by atoms with Crippen molar-refractivity contribution in [3.05, 3.63) is 82.9 Å². The third kappa shape index (κ3) is 3.58. The van der Waals surface area contributed by atoms with Crippen LogP contribution in [0.5, 0.6) is 5.75 Å². The quantitative estimate of drug-likeness (QED) is 0.455. The van der Waals surface area contributed by atoms with Gasteiger partial charge in [0.25, 0.3) is 0 Å². The van der Waals surface area contributed by atoms with E-state index in [1.54, 1.807) is 16.7 Å². The van der Waals surface area contributed by atoms with Gasteiger partial charge in [-0.05, 0) is 54.8 Å². The van der Waals surface area contributed by atoms with Crippen molar-refractivity contribution in [2.24, 2.45) is 0 Å². The van der Waals surface area contributed by atoms with Gasteiger partial charge in [0, 0.05) is 11.6 Å². The van der Waals surface area contributed by atoms with Gasteiger partial charge < -0.3 is 9.67 Å². The molecule has 148 valence electrons. The largest absolute Gasteiger partial charge is 0.508 e. The number of imidazole rings is 1. The van der Waals surface area contributed by atoms with Gasteiger partial charge in [0.1, 0.15) is 11.6 Å². The van der Waals surface area contributed by atoms with E-state index in [-0.39, 0.29) is 17.9 Å². The van der Waals surface area contributed by atoms with E-state index in [0.717, 1.165) is 22.8 Å². The molecule has 0 spiro atoms. The molecule has 0 saturated carbocycles. The number of hydrogen-bond donors (Lipinski definition) is 1. The highest BCUT2D eigenvalue weighted by atomic mass is 19.4. The number of benzene rings is 3. The number of aromatic nitrogens is 2. The van der Waals surface area contributed by atoms with Gasteiger partial charge in [-0.2, -0.15) is 13.2 Å². The number of alkyl halides is 3. The average molecular weight is 396 g/mol. The van der Waals surface area contributed by atoms with Gasteiger partial charge in [0.15, 0.2) is 0 Å². The zero-order chi connectivity index (χ0) is 20.8. The summed E-state index contributed by atoms with van der Waals surface area (Å²) in [4.78, 5) is 4.65. The van der Waals surface area contributed by atoms with Gasteiger partial charge in [-0.15, -0.1) is 0 Å². The molecular formula is C23H19F3N2O. The Morgan fingerprint density at radius 3 is 2.41 bits per heavy atom. The third-order valence-corrected chi connectivity index (χ3v) is 5.15. The molecule has 29 heavy (non-hydrogen) atoms. The first-order valence-electron chi connectivity index (χ1n) is 9.16. The topological polar surface area (TPSA) is 38.1 Å². The second-order valence-electron chi connectivity index (χ2n) is 7.15. The summed E-state index contributed by atoms with van der Waals surface area (Å²) in [6, 6.07) is 16.1. The Bertz CT molecular complexity index is 1210. The van der Waals surface area contributed by atoms with Crippen LogP contribution in [-0.2, 0) is 12.7 Å². The van der Waals surface area contributed by atoms with E-state index in [9.17, 15) is 18.3 Å². The van der Waals surface area contributed by atoms with E-state index in [0.29, 0.717) is 16.9 Å². The minimum atomic E-state index is -4.45. The molecule has 1 N–H and O–H groups in total. The Kier molecular flexibility index (Phi) is 4.57. The smallest absolute Gasteiger partial charge is 0.416 e. The fourth-order valence-corrected chi connectivity index (χ4v) is 3.48. The molecular weight excluding hydrogens is 377 g/mol. The van der Waals surface area contributed by atoms with Crippen molar-refractivity contribution in [1.82, 2.24) is 9.55 Å². The monoisotopic (exact) mass is 396 g/mol. The summed E-state index contributed by atoms with van der Waals surface area (Å²) >= 11 is 0. The molecule has 3 aromatic carbocycles.